The minimum absolute atomic E-state index is 0.0806. The van der Waals surface area contributed by atoms with Crippen LogP contribution in [0.15, 0.2) is 48.6 Å². The summed E-state index contributed by atoms with van der Waals surface area (Å²) in [6.07, 6.45) is 74.2. The summed E-state index contributed by atoms with van der Waals surface area (Å²) in [6.45, 7) is 6.53. The van der Waals surface area contributed by atoms with Crippen molar-refractivity contribution in [2.45, 2.75) is 335 Å². The first-order valence-corrected chi connectivity index (χ1v) is 31.1. The monoisotopic (exact) mass is 995 g/mol. The molecule has 0 aromatic carbocycles. The fourth-order valence-electron chi connectivity index (χ4n) is 9.11. The highest BCUT2D eigenvalue weighted by atomic mass is 16.6. The quantitative estimate of drug-likeness (QED) is 0.0261. The molecule has 0 fully saturated rings. The van der Waals surface area contributed by atoms with E-state index in [0.717, 1.165) is 116 Å². The van der Waals surface area contributed by atoms with Crippen molar-refractivity contribution in [2.24, 2.45) is 0 Å². The third-order valence-electron chi connectivity index (χ3n) is 13.8. The normalized spacial score (nSPS) is 12.3. The number of ether oxygens (including phenoxy) is 3. The minimum Gasteiger partial charge on any atom is -0.462 e. The summed E-state index contributed by atoms with van der Waals surface area (Å²) in [5, 5.41) is 0. The van der Waals surface area contributed by atoms with Crippen LogP contribution in [0.1, 0.15) is 329 Å². The van der Waals surface area contributed by atoms with Crippen LogP contribution in [0.2, 0.25) is 0 Å². The number of hydrogen-bond acceptors (Lipinski definition) is 6. The van der Waals surface area contributed by atoms with Crippen molar-refractivity contribution in [3.8, 4) is 0 Å². The molecule has 0 aliphatic heterocycles. The molecule has 0 heterocycles. The van der Waals surface area contributed by atoms with Gasteiger partial charge in [-0.1, -0.05) is 288 Å². The van der Waals surface area contributed by atoms with Gasteiger partial charge in [-0.2, -0.15) is 0 Å². The number of allylic oxidation sites excluding steroid dienone is 8. The molecule has 1 unspecified atom stereocenters. The Morgan fingerprint density at radius 2 is 0.535 bits per heavy atom. The molecule has 0 aromatic heterocycles. The molecule has 0 saturated heterocycles. The van der Waals surface area contributed by atoms with Crippen molar-refractivity contribution < 1.29 is 28.6 Å². The number of esters is 3. The van der Waals surface area contributed by atoms with E-state index in [2.05, 4.69) is 69.4 Å². The van der Waals surface area contributed by atoms with Gasteiger partial charge in [-0.05, 0) is 70.6 Å². The SMILES string of the molecule is CCC/C=C\C/C=C\CCCCCCCC(=O)OCC(COC(=O)CCCCCCCCCCCCCCCCCCCCCCCCCCCCC)OC(=O)CCCCCCC/C=C\C/C=C\CCC. The van der Waals surface area contributed by atoms with E-state index in [1.807, 2.05) is 0 Å². The lowest BCUT2D eigenvalue weighted by molar-refractivity contribution is -0.167. The van der Waals surface area contributed by atoms with Crippen LogP contribution < -0.4 is 0 Å². The van der Waals surface area contributed by atoms with Gasteiger partial charge in [-0.3, -0.25) is 14.4 Å². The Hall–Kier alpha value is -2.63. The number of hydrogen-bond donors (Lipinski definition) is 0. The maximum Gasteiger partial charge on any atom is 0.306 e. The number of carbonyl (C=O) groups excluding carboxylic acids is 3. The zero-order chi connectivity index (χ0) is 51.4. The first kappa shape index (κ1) is 68.4. The maximum atomic E-state index is 12.8. The maximum absolute atomic E-state index is 12.8. The molecule has 0 N–H and O–H groups in total. The van der Waals surface area contributed by atoms with E-state index in [-0.39, 0.29) is 31.1 Å². The standard InChI is InChI=1S/C65H118O6/c1-4-7-10-13-16-19-22-25-26-27-28-29-30-31-32-33-34-35-36-37-38-41-43-46-49-52-55-58-64(67)70-61-62(71-65(68)59-56-53-50-47-44-40-24-21-18-15-12-9-6-3)60-69-63(66)57-54-51-48-45-42-39-23-20-17-14-11-8-5-2/h11-12,14-15,20-21,23-24,62H,4-10,13,16-19,22,25-61H2,1-3H3/b14-11-,15-12-,23-20-,24-21-. The number of unbranched alkanes of at least 4 members (excludes halogenated alkanes) is 38. The second-order valence-corrected chi connectivity index (χ2v) is 21.0. The van der Waals surface area contributed by atoms with E-state index >= 15 is 0 Å². The van der Waals surface area contributed by atoms with Gasteiger partial charge in [0, 0.05) is 19.3 Å². The first-order valence-electron chi connectivity index (χ1n) is 31.1. The van der Waals surface area contributed by atoms with E-state index in [9.17, 15) is 14.4 Å². The summed E-state index contributed by atoms with van der Waals surface area (Å²) in [5.41, 5.74) is 0. The highest BCUT2D eigenvalue weighted by Gasteiger charge is 2.19. The van der Waals surface area contributed by atoms with Gasteiger partial charge in [-0.15, -0.1) is 0 Å². The van der Waals surface area contributed by atoms with Crippen molar-refractivity contribution in [3.05, 3.63) is 48.6 Å². The molecule has 0 rings (SSSR count). The molecule has 0 saturated carbocycles. The van der Waals surface area contributed by atoms with Crippen LogP contribution >= 0.6 is 0 Å². The Kier molecular flexibility index (Phi) is 57.7. The van der Waals surface area contributed by atoms with E-state index in [0.29, 0.717) is 19.3 Å². The van der Waals surface area contributed by atoms with Crippen LogP contribution in [0.4, 0.5) is 0 Å². The summed E-state index contributed by atoms with van der Waals surface area (Å²) in [4.78, 5) is 38.1. The fourth-order valence-corrected chi connectivity index (χ4v) is 9.11. The number of carbonyl (C=O) groups is 3. The van der Waals surface area contributed by atoms with Gasteiger partial charge >= 0.3 is 17.9 Å². The predicted molar refractivity (Wildman–Crippen MR) is 307 cm³/mol. The number of rotatable bonds is 57. The van der Waals surface area contributed by atoms with Gasteiger partial charge < -0.3 is 14.2 Å². The minimum atomic E-state index is -0.784. The van der Waals surface area contributed by atoms with E-state index in [4.69, 9.17) is 14.2 Å². The van der Waals surface area contributed by atoms with Crippen LogP contribution in [-0.2, 0) is 28.6 Å². The lowest BCUT2D eigenvalue weighted by Gasteiger charge is -2.18. The molecule has 0 radical (unpaired) electrons. The molecule has 6 heteroatoms. The molecule has 0 aliphatic carbocycles. The largest absolute Gasteiger partial charge is 0.462 e. The summed E-state index contributed by atoms with van der Waals surface area (Å²) in [6, 6.07) is 0. The predicted octanol–water partition coefficient (Wildman–Crippen LogP) is 21.0. The lowest BCUT2D eigenvalue weighted by atomic mass is 10.0. The molecule has 1 atom stereocenters. The molecule has 0 aromatic rings. The van der Waals surface area contributed by atoms with Crippen LogP contribution in [0, 0.1) is 0 Å². The highest BCUT2D eigenvalue weighted by molar-refractivity contribution is 5.71. The average molecular weight is 996 g/mol. The molecule has 6 nitrogen and oxygen atoms in total. The van der Waals surface area contributed by atoms with Gasteiger partial charge in [-0.25, -0.2) is 0 Å². The van der Waals surface area contributed by atoms with Gasteiger partial charge in [0.2, 0.25) is 0 Å². The Labute approximate surface area is 441 Å². The van der Waals surface area contributed by atoms with Crippen molar-refractivity contribution in [1.29, 1.82) is 0 Å². The summed E-state index contributed by atoms with van der Waals surface area (Å²) in [7, 11) is 0. The van der Waals surface area contributed by atoms with Crippen molar-refractivity contribution in [1.82, 2.24) is 0 Å². The zero-order valence-electron chi connectivity index (χ0n) is 47.5. The van der Waals surface area contributed by atoms with Gasteiger partial charge in [0.25, 0.3) is 0 Å². The first-order chi connectivity index (χ1) is 35.0. The third-order valence-corrected chi connectivity index (χ3v) is 13.8. The Morgan fingerprint density at radius 3 is 0.831 bits per heavy atom. The molecular weight excluding hydrogens is 877 g/mol. The second kappa shape index (κ2) is 59.9. The lowest BCUT2D eigenvalue weighted by Crippen LogP contribution is -2.30. The molecule has 0 amide bonds. The van der Waals surface area contributed by atoms with Crippen molar-refractivity contribution in [3.63, 3.8) is 0 Å². The van der Waals surface area contributed by atoms with E-state index < -0.39 is 6.10 Å². The van der Waals surface area contributed by atoms with Crippen molar-refractivity contribution in [2.75, 3.05) is 13.2 Å². The third kappa shape index (κ3) is 58.1. The van der Waals surface area contributed by atoms with Crippen LogP contribution in [0.5, 0.6) is 0 Å². The average Bonchev–Trinajstić information content (AvgIpc) is 3.37. The Bertz CT molecular complexity index is 1230. The molecule has 0 spiro atoms. The molecule has 414 valence electrons. The zero-order valence-corrected chi connectivity index (χ0v) is 47.5. The second-order valence-electron chi connectivity index (χ2n) is 21.0. The van der Waals surface area contributed by atoms with Crippen molar-refractivity contribution >= 4 is 17.9 Å². The molecule has 71 heavy (non-hydrogen) atoms. The Balaban J connectivity index is 4.17. The van der Waals surface area contributed by atoms with Crippen LogP contribution in [-0.4, -0.2) is 37.2 Å². The van der Waals surface area contributed by atoms with Gasteiger partial charge in [0.05, 0.1) is 0 Å². The summed E-state index contributed by atoms with van der Waals surface area (Å²) < 4.78 is 16.9. The molecule has 0 bridgehead atoms. The summed E-state index contributed by atoms with van der Waals surface area (Å²) >= 11 is 0. The topological polar surface area (TPSA) is 78.9 Å². The van der Waals surface area contributed by atoms with Gasteiger partial charge in [0.15, 0.2) is 6.10 Å². The van der Waals surface area contributed by atoms with Crippen LogP contribution in [0.25, 0.3) is 0 Å². The fraction of sp³-hybridized carbons (Fsp3) is 0.831. The molecule has 0 aliphatic rings. The molecular formula is C65H118O6. The summed E-state index contributed by atoms with van der Waals surface area (Å²) in [5.74, 6) is -0.895. The highest BCUT2D eigenvalue weighted by Crippen LogP contribution is 2.18. The van der Waals surface area contributed by atoms with Crippen LogP contribution in [0.3, 0.4) is 0 Å². The van der Waals surface area contributed by atoms with E-state index in [1.165, 1.54) is 173 Å². The van der Waals surface area contributed by atoms with E-state index in [1.54, 1.807) is 0 Å². The Morgan fingerprint density at radius 1 is 0.282 bits per heavy atom. The van der Waals surface area contributed by atoms with Gasteiger partial charge in [0.1, 0.15) is 13.2 Å². The smallest absolute Gasteiger partial charge is 0.306 e.